The molecule has 0 unspecified atom stereocenters. The number of benzene rings is 1. The molecule has 1 aliphatic rings. The zero-order valence-corrected chi connectivity index (χ0v) is 14.3. The van der Waals surface area contributed by atoms with Crippen LogP contribution in [0.3, 0.4) is 0 Å². The van der Waals surface area contributed by atoms with Crippen LogP contribution in [-0.4, -0.2) is 69.2 Å². The van der Waals surface area contributed by atoms with E-state index in [2.05, 4.69) is 43.2 Å². The molecule has 116 valence electrons. The Morgan fingerprint density at radius 3 is 2.62 bits per heavy atom. The van der Waals surface area contributed by atoms with Crippen LogP contribution in [0.2, 0.25) is 0 Å². The van der Waals surface area contributed by atoms with Gasteiger partial charge in [-0.05, 0) is 32.3 Å². The van der Waals surface area contributed by atoms with E-state index in [0.717, 1.165) is 37.2 Å². The zero-order chi connectivity index (χ0) is 15.2. The van der Waals surface area contributed by atoms with E-state index in [1.807, 2.05) is 31.1 Å². The summed E-state index contributed by atoms with van der Waals surface area (Å²) in [5.74, 6) is 0. The molecule has 1 fully saturated rings. The van der Waals surface area contributed by atoms with E-state index < -0.39 is 0 Å². The lowest BCUT2D eigenvalue weighted by Gasteiger charge is -2.36. The Hall–Kier alpha value is -1.27. The van der Waals surface area contributed by atoms with Crippen LogP contribution in [-0.2, 0) is 0 Å². The number of nitrogens with zero attached hydrogens (tertiary/aromatic N) is 3. The Morgan fingerprint density at radius 1 is 1.29 bits per heavy atom. The van der Waals surface area contributed by atoms with Crippen LogP contribution in [0.15, 0.2) is 28.7 Å². The Morgan fingerprint density at radius 2 is 2.00 bits per heavy atom. The van der Waals surface area contributed by atoms with Crippen molar-refractivity contribution in [1.29, 1.82) is 0 Å². The molecule has 21 heavy (non-hydrogen) atoms. The van der Waals surface area contributed by atoms with Crippen molar-refractivity contribution in [3.63, 3.8) is 0 Å². The minimum absolute atomic E-state index is 0.0470. The number of urea groups is 1. The highest BCUT2D eigenvalue weighted by Crippen LogP contribution is 2.21. The second kappa shape index (κ2) is 7.66. The highest BCUT2D eigenvalue weighted by atomic mass is 79.9. The molecule has 0 bridgehead atoms. The quantitative estimate of drug-likeness (QED) is 0.896. The van der Waals surface area contributed by atoms with Crippen molar-refractivity contribution in [2.24, 2.45) is 0 Å². The van der Waals surface area contributed by atoms with Crippen LogP contribution in [0.25, 0.3) is 0 Å². The van der Waals surface area contributed by atoms with Gasteiger partial charge in [-0.15, -0.1) is 0 Å². The molecule has 5 nitrogen and oxygen atoms in total. The first kappa shape index (κ1) is 16.1. The number of carbonyl (C=O) groups is 1. The van der Waals surface area contributed by atoms with Crippen molar-refractivity contribution in [3.05, 3.63) is 28.7 Å². The van der Waals surface area contributed by atoms with E-state index in [1.54, 1.807) is 0 Å². The minimum Gasteiger partial charge on any atom is -0.368 e. The third-order valence-electron chi connectivity index (χ3n) is 3.58. The number of hydrogen-bond donors (Lipinski definition) is 1. The number of piperazine rings is 1. The summed E-state index contributed by atoms with van der Waals surface area (Å²) < 4.78 is 1.09. The van der Waals surface area contributed by atoms with Gasteiger partial charge in [-0.3, -0.25) is 0 Å². The van der Waals surface area contributed by atoms with Crippen LogP contribution in [0.4, 0.5) is 10.5 Å². The van der Waals surface area contributed by atoms with Gasteiger partial charge in [0.25, 0.3) is 0 Å². The van der Waals surface area contributed by atoms with E-state index in [0.29, 0.717) is 6.54 Å². The number of nitrogens with one attached hydrogen (secondary N) is 1. The summed E-state index contributed by atoms with van der Waals surface area (Å²) in [5.41, 5.74) is 1.21. The molecule has 0 saturated carbocycles. The van der Waals surface area contributed by atoms with Gasteiger partial charge in [0.2, 0.25) is 0 Å². The molecule has 0 spiro atoms. The molecule has 1 heterocycles. The number of hydrogen-bond acceptors (Lipinski definition) is 3. The maximum absolute atomic E-state index is 12.0. The average molecular weight is 355 g/mol. The Bertz CT molecular complexity index is 472. The summed E-state index contributed by atoms with van der Waals surface area (Å²) in [6, 6.07) is 8.34. The van der Waals surface area contributed by atoms with Crippen molar-refractivity contribution in [3.8, 4) is 0 Å². The van der Waals surface area contributed by atoms with E-state index >= 15 is 0 Å². The first-order valence-corrected chi connectivity index (χ1v) is 8.03. The Labute approximate surface area is 135 Å². The number of halogens is 1. The summed E-state index contributed by atoms with van der Waals surface area (Å²) in [7, 11) is 4.01. The van der Waals surface area contributed by atoms with Gasteiger partial charge in [0.1, 0.15) is 0 Å². The van der Waals surface area contributed by atoms with Crippen molar-refractivity contribution in [1.82, 2.24) is 15.1 Å². The predicted octanol–water partition coefficient (Wildman–Crippen LogP) is 1.84. The fraction of sp³-hybridized carbons (Fsp3) is 0.533. The summed E-state index contributed by atoms with van der Waals surface area (Å²) in [6.07, 6.45) is 0. The lowest BCUT2D eigenvalue weighted by molar-refractivity contribution is 0.193. The molecule has 0 atom stereocenters. The van der Waals surface area contributed by atoms with Gasteiger partial charge in [-0.1, -0.05) is 22.0 Å². The van der Waals surface area contributed by atoms with E-state index in [4.69, 9.17) is 0 Å². The molecular formula is C15H23BrN4O. The van der Waals surface area contributed by atoms with E-state index in [9.17, 15) is 4.79 Å². The molecule has 0 aliphatic carbocycles. The summed E-state index contributed by atoms with van der Waals surface area (Å²) in [6.45, 7) is 4.83. The molecule has 6 heteroatoms. The molecule has 1 aromatic carbocycles. The lowest BCUT2D eigenvalue weighted by Crippen LogP contribution is -2.52. The van der Waals surface area contributed by atoms with Gasteiger partial charge in [0.05, 0.1) is 0 Å². The number of likely N-dealkylation sites (N-methyl/N-ethyl adjacent to an activating group) is 1. The number of carbonyl (C=O) groups excluding carboxylic acids is 1. The van der Waals surface area contributed by atoms with Gasteiger partial charge in [-0.2, -0.15) is 0 Å². The van der Waals surface area contributed by atoms with Gasteiger partial charge in [0.15, 0.2) is 0 Å². The van der Waals surface area contributed by atoms with Crippen LogP contribution < -0.4 is 10.2 Å². The first-order valence-electron chi connectivity index (χ1n) is 7.24. The Kier molecular flexibility index (Phi) is 5.87. The van der Waals surface area contributed by atoms with Crippen molar-refractivity contribution < 1.29 is 4.79 Å². The van der Waals surface area contributed by atoms with Crippen LogP contribution >= 0.6 is 15.9 Å². The highest BCUT2D eigenvalue weighted by molar-refractivity contribution is 9.10. The van der Waals surface area contributed by atoms with Gasteiger partial charge in [0, 0.05) is 49.4 Å². The molecule has 0 aromatic heterocycles. The van der Waals surface area contributed by atoms with E-state index in [-0.39, 0.29) is 6.03 Å². The zero-order valence-electron chi connectivity index (χ0n) is 12.7. The third kappa shape index (κ3) is 4.89. The smallest absolute Gasteiger partial charge is 0.317 e. The fourth-order valence-electron chi connectivity index (χ4n) is 2.34. The summed E-state index contributed by atoms with van der Waals surface area (Å²) >= 11 is 3.50. The van der Waals surface area contributed by atoms with Crippen molar-refractivity contribution in [2.45, 2.75) is 0 Å². The summed E-state index contributed by atoms with van der Waals surface area (Å²) in [5, 5.41) is 2.97. The van der Waals surface area contributed by atoms with Gasteiger partial charge < -0.3 is 20.0 Å². The second-order valence-electron chi connectivity index (χ2n) is 5.49. The topological polar surface area (TPSA) is 38.8 Å². The SMILES string of the molecule is CN(C)CCNC(=O)N1CCN(c2cccc(Br)c2)CC1. The Balaban J connectivity index is 1.79. The monoisotopic (exact) mass is 354 g/mol. The number of anilines is 1. The maximum Gasteiger partial charge on any atom is 0.317 e. The standard InChI is InChI=1S/C15H23BrN4O/c1-18(2)7-6-17-15(21)20-10-8-19(9-11-20)14-5-3-4-13(16)12-14/h3-5,12H,6-11H2,1-2H3,(H,17,21). The van der Waals surface area contributed by atoms with Gasteiger partial charge >= 0.3 is 6.03 Å². The fourth-order valence-corrected chi connectivity index (χ4v) is 2.73. The molecule has 2 rings (SSSR count). The predicted molar refractivity (Wildman–Crippen MR) is 89.9 cm³/mol. The lowest BCUT2D eigenvalue weighted by atomic mass is 10.2. The molecule has 1 aromatic rings. The average Bonchev–Trinajstić information content (AvgIpc) is 2.47. The van der Waals surface area contributed by atoms with Gasteiger partial charge in [-0.25, -0.2) is 4.79 Å². The third-order valence-corrected chi connectivity index (χ3v) is 4.07. The molecule has 0 radical (unpaired) electrons. The van der Waals surface area contributed by atoms with Crippen LogP contribution in [0.1, 0.15) is 0 Å². The number of rotatable bonds is 4. The maximum atomic E-state index is 12.0. The van der Waals surface area contributed by atoms with E-state index in [1.165, 1.54) is 5.69 Å². The molecule has 1 N–H and O–H groups in total. The van der Waals surface area contributed by atoms with Crippen LogP contribution in [0, 0.1) is 0 Å². The highest BCUT2D eigenvalue weighted by Gasteiger charge is 2.20. The summed E-state index contributed by atoms with van der Waals surface area (Å²) in [4.78, 5) is 18.3. The molecule has 1 saturated heterocycles. The largest absolute Gasteiger partial charge is 0.368 e. The van der Waals surface area contributed by atoms with Crippen LogP contribution in [0.5, 0.6) is 0 Å². The molecule has 2 amide bonds. The normalized spacial score (nSPS) is 15.4. The molecular weight excluding hydrogens is 332 g/mol. The number of amides is 2. The minimum atomic E-state index is 0.0470. The van der Waals surface area contributed by atoms with Crippen molar-refractivity contribution >= 4 is 27.6 Å². The van der Waals surface area contributed by atoms with Crippen molar-refractivity contribution in [2.75, 3.05) is 58.3 Å². The first-order chi connectivity index (χ1) is 10.1. The molecule has 1 aliphatic heterocycles. The second-order valence-corrected chi connectivity index (χ2v) is 6.40.